The number of carbonyl (C=O) groups is 1. The lowest BCUT2D eigenvalue weighted by molar-refractivity contribution is -0.118. The van der Waals surface area contributed by atoms with Crippen LogP contribution in [0.5, 0.6) is 0 Å². The Hall–Kier alpha value is -1.50. The fraction of sp³-hybridized carbons (Fsp3) is 0.286. The summed E-state index contributed by atoms with van der Waals surface area (Å²) in [4.78, 5) is 16.8. The second-order valence-corrected chi connectivity index (χ2v) is 6.13. The van der Waals surface area contributed by atoms with E-state index in [9.17, 15) is 9.18 Å². The van der Waals surface area contributed by atoms with Gasteiger partial charge in [-0.3, -0.25) is 4.79 Å². The smallest absolute Gasteiger partial charge is 0.246 e. The van der Waals surface area contributed by atoms with Crippen LogP contribution in [0.3, 0.4) is 0 Å². The largest absolute Gasteiger partial charge is 0.317 e. The van der Waals surface area contributed by atoms with Crippen molar-refractivity contribution in [2.45, 2.75) is 24.8 Å². The topological polar surface area (TPSA) is 68.0 Å². The Morgan fingerprint density at radius 2 is 2.14 bits per heavy atom. The van der Waals surface area contributed by atoms with E-state index < -0.39 is 5.54 Å². The summed E-state index contributed by atoms with van der Waals surface area (Å²) < 4.78 is 13.6. The molecule has 112 valence electrons. The molecule has 7 heteroatoms. The summed E-state index contributed by atoms with van der Waals surface area (Å²) in [5.74, 6) is -0.422. The molecular formula is C14H15ClFN3OS. The predicted molar refractivity (Wildman–Crippen MR) is 83.4 cm³/mol. The van der Waals surface area contributed by atoms with E-state index in [0.29, 0.717) is 30.0 Å². The molecule has 0 atom stereocenters. The van der Waals surface area contributed by atoms with Crippen molar-refractivity contribution in [1.29, 1.82) is 0 Å². The number of thiazole rings is 1. The molecule has 0 unspecified atom stereocenters. The van der Waals surface area contributed by atoms with Gasteiger partial charge in [0.05, 0.1) is 5.54 Å². The first-order valence-electron chi connectivity index (χ1n) is 6.35. The van der Waals surface area contributed by atoms with Crippen LogP contribution in [-0.2, 0) is 11.2 Å². The van der Waals surface area contributed by atoms with Crippen molar-refractivity contribution in [2.24, 2.45) is 5.73 Å². The lowest BCUT2D eigenvalue weighted by Gasteiger charge is -2.06. The minimum absolute atomic E-state index is 0. The van der Waals surface area contributed by atoms with Crippen molar-refractivity contribution < 1.29 is 9.18 Å². The molecule has 21 heavy (non-hydrogen) atoms. The van der Waals surface area contributed by atoms with Gasteiger partial charge in [-0.2, -0.15) is 0 Å². The summed E-state index contributed by atoms with van der Waals surface area (Å²) in [5.41, 5.74) is 5.71. The molecule has 1 saturated carbocycles. The molecular weight excluding hydrogens is 313 g/mol. The number of aromatic nitrogens is 1. The van der Waals surface area contributed by atoms with Gasteiger partial charge in [0, 0.05) is 17.5 Å². The van der Waals surface area contributed by atoms with Crippen molar-refractivity contribution in [1.82, 2.24) is 4.98 Å². The maximum Gasteiger partial charge on any atom is 0.246 e. The Morgan fingerprint density at radius 3 is 2.81 bits per heavy atom. The zero-order valence-electron chi connectivity index (χ0n) is 11.1. The highest BCUT2D eigenvalue weighted by atomic mass is 35.5. The number of nitrogens with two attached hydrogens (primary N) is 1. The van der Waals surface area contributed by atoms with Crippen LogP contribution in [0, 0.1) is 5.82 Å². The highest BCUT2D eigenvalue weighted by Gasteiger charge is 2.46. The minimum atomic E-state index is -0.711. The summed E-state index contributed by atoms with van der Waals surface area (Å²) in [6.45, 7) is 0. The number of hydrogen-bond donors (Lipinski definition) is 2. The van der Waals surface area contributed by atoms with E-state index >= 15 is 0 Å². The molecule has 0 spiro atoms. The number of halogens is 2. The zero-order chi connectivity index (χ0) is 14.2. The molecule has 0 radical (unpaired) electrons. The maximum absolute atomic E-state index is 13.6. The van der Waals surface area contributed by atoms with Crippen molar-refractivity contribution in [3.8, 4) is 0 Å². The molecule has 0 aliphatic heterocycles. The number of hydrogen-bond acceptors (Lipinski definition) is 4. The molecule has 1 aliphatic rings. The Kier molecular flexibility index (Phi) is 4.61. The summed E-state index contributed by atoms with van der Waals surface area (Å²) in [6.07, 6.45) is 3.55. The number of amides is 1. The van der Waals surface area contributed by atoms with Gasteiger partial charge in [-0.25, -0.2) is 9.37 Å². The fourth-order valence-corrected chi connectivity index (χ4v) is 2.69. The summed E-state index contributed by atoms with van der Waals surface area (Å²) >= 11 is 1.34. The molecule has 0 saturated heterocycles. The zero-order valence-corrected chi connectivity index (χ0v) is 12.8. The van der Waals surface area contributed by atoms with Crippen LogP contribution in [0.4, 0.5) is 9.52 Å². The van der Waals surface area contributed by atoms with Crippen LogP contribution >= 0.6 is 23.7 Å². The van der Waals surface area contributed by atoms with Crippen LogP contribution in [0.25, 0.3) is 0 Å². The van der Waals surface area contributed by atoms with E-state index in [1.54, 1.807) is 24.4 Å². The summed E-state index contributed by atoms with van der Waals surface area (Å²) in [5, 5.41) is 3.23. The lowest BCUT2D eigenvalue weighted by Crippen LogP contribution is -2.37. The van der Waals surface area contributed by atoms with Gasteiger partial charge < -0.3 is 11.1 Å². The van der Waals surface area contributed by atoms with E-state index in [1.807, 2.05) is 0 Å². The third-order valence-corrected chi connectivity index (χ3v) is 4.25. The molecule has 4 nitrogen and oxygen atoms in total. The molecule has 0 bridgehead atoms. The molecule has 1 aromatic heterocycles. The van der Waals surface area contributed by atoms with Crippen LogP contribution < -0.4 is 11.1 Å². The van der Waals surface area contributed by atoms with Crippen LogP contribution in [0.2, 0.25) is 0 Å². The van der Waals surface area contributed by atoms with E-state index in [4.69, 9.17) is 5.73 Å². The number of nitrogens with zero attached hydrogens (tertiary/aromatic N) is 1. The molecule has 1 aromatic carbocycles. The number of rotatable bonds is 4. The van der Waals surface area contributed by atoms with E-state index in [-0.39, 0.29) is 24.1 Å². The van der Waals surface area contributed by atoms with Gasteiger partial charge in [0.2, 0.25) is 5.91 Å². The molecule has 1 heterocycles. The first-order chi connectivity index (χ1) is 9.57. The maximum atomic E-state index is 13.6. The van der Waals surface area contributed by atoms with Crippen LogP contribution in [0.1, 0.15) is 23.3 Å². The number of benzene rings is 1. The number of nitrogens with one attached hydrogen (secondary N) is 1. The normalized spacial score (nSPS) is 15.1. The summed E-state index contributed by atoms with van der Waals surface area (Å²) in [7, 11) is 0. The third-order valence-electron chi connectivity index (χ3n) is 3.34. The van der Waals surface area contributed by atoms with Gasteiger partial charge in [-0.15, -0.1) is 23.7 Å². The molecule has 2 aromatic rings. The molecule has 3 N–H and O–H groups in total. The second-order valence-electron chi connectivity index (χ2n) is 5.01. The average Bonchev–Trinajstić information content (AvgIpc) is 3.03. The van der Waals surface area contributed by atoms with Gasteiger partial charge in [0.25, 0.3) is 0 Å². The molecule has 1 aliphatic carbocycles. The lowest BCUT2D eigenvalue weighted by atomic mass is 10.1. The average molecular weight is 328 g/mol. The van der Waals surface area contributed by atoms with E-state index in [2.05, 4.69) is 10.3 Å². The van der Waals surface area contributed by atoms with Crippen molar-refractivity contribution in [3.05, 3.63) is 46.7 Å². The standard InChI is InChI=1S/C14H14FN3OS.ClH/c15-11-4-2-1-3-9(11)7-10-8-17-13(20-10)18-12(19)14(16)5-6-14;/h1-4,8H,5-7,16H2,(H,17,18,19);1H. The van der Waals surface area contributed by atoms with Crippen molar-refractivity contribution in [3.63, 3.8) is 0 Å². The van der Waals surface area contributed by atoms with Gasteiger partial charge >= 0.3 is 0 Å². The van der Waals surface area contributed by atoms with E-state index in [1.165, 1.54) is 17.4 Å². The Morgan fingerprint density at radius 1 is 1.43 bits per heavy atom. The molecule has 1 amide bonds. The molecule has 1 fully saturated rings. The third kappa shape index (κ3) is 3.58. The first kappa shape index (κ1) is 15.9. The van der Waals surface area contributed by atoms with Gasteiger partial charge in [-0.1, -0.05) is 18.2 Å². The Bertz CT molecular complexity index is 657. The van der Waals surface area contributed by atoms with Gasteiger partial charge in [0.1, 0.15) is 5.82 Å². The van der Waals surface area contributed by atoms with Gasteiger partial charge in [-0.05, 0) is 24.5 Å². The highest BCUT2D eigenvalue weighted by Crippen LogP contribution is 2.34. The number of anilines is 1. The van der Waals surface area contributed by atoms with Crippen molar-refractivity contribution in [2.75, 3.05) is 5.32 Å². The molecule has 3 rings (SSSR count). The van der Waals surface area contributed by atoms with Crippen LogP contribution in [0.15, 0.2) is 30.5 Å². The quantitative estimate of drug-likeness (QED) is 0.907. The SMILES string of the molecule is Cl.NC1(C(=O)Nc2ncc(Cc3ccccc3F)s2)CC1. The predicted octanol–water partition coefficient (Wildman–Crippen LogP) is 2.72. The Balaban J connectivity index is 0.00000161. The highest BCUT2D eigenvalue weighted by molar-refractivity contribution is 7.15. The van der Waals surface area contributed by atoms with Crippen molar-refractivity contribution >= 4 is 34.8 Å². The second kappa shape index (κ2) is 6.09. The van der Waals surface area contributed by atoms with Crippen LogP contribution in [-0.4, -0.2) is 16.4 Å². The van der Waals surface area contributed by atoms with Gasteiger partial charge in [0.15, 0.2) is 5.13 Å². The minimum Gasteiger partial charge on any atom is -0.317 e. The monoisotopic (exact) mass is 327 g/mol. The fourth-order valence-electron chi connectivity index (χ4n) is 1.86. The van der Waals surface area contributed by atoms with E-state index in [0.717, 1.165) is 4.88 Å². The summed E-state index contributed by atoms with van der Waals surface area (Å²) in [6, 6.07) is 6.64. The number of carbonyl (C=O) groups excluding carboxylic acids is 1. The Labute approximate surface area is 132 Å². The first-order valence-corrected chi connectivity index (χ1v) is 7.17.